The molecule has 1 unspecified atom stereocenters. The summed E-state index contributed by atoms with van der Waals surface area (Å²) in [5.41, 5.74) is 1.13. The Labute approximate surface area is 133 Å². The number of rotatable bonds is 4. The predicted octanol–water partition coefficient (Wildman–Crippen LogP) is 1.82. The summed E-state index contributed by atoms with van der Waals surface area (Å²) in [4.78, 5) is 13.5. The van der Waals surface area contributed by atoms with E-state index in [2.05, 4.69) is 21.2 Å². The van der Waals surface area contributed by atoms with Gasteiger partial charge < -0.3 is 10.2 Å². The maximum Gasteiger partial charge on any atom is 0.317 e. The molecule has 1 aromatic rings. The van der Waals surface area contributed by atoms with Crippen molar-refractivity contribution in [3.8, 4) is 0 Å². The van der Waals surface area contributed by atoms with Gasteiger partial charge in [0.2, 0.25) is 0 Å². The number of urea groups is 1. The maximum atomic E-state index is 12.0. The number of nitrogens with zero attached hydrogens (tertiary/aromatic N) is 1. The first kappa shape index (κ1) is 16.3. The first-order valence-electron chi connectivity index (χ1n) is 6.83. The third kappa shape index (κ3) is 4.44. The van der Waals surface area contributed by atoms with Crippen molar-refractivity contribution in [2.24, 2.45) is 0 Å². The highest BCUT2D eigenvalue weighted by molar-refractivity contribution is 9.10. The number of hydrogen-bond donors (Lipinski definition) is 1. The maximum absolute atomic E-state index is 12.0. The molecule has 0 aromatic heterocycles. The number of carbonyl (C=O) groups is 1. The average Bonchev–Trinajstić information content (AvgIpc) is 2.80. The minimum absolute atomic E-state index is 0.0706. The minimum Gasteiger partial charge on any atom is -0.338 e. The van der Waals surface area contributed by atoms with Gasteiger partial charge in [-0.2, -0.15) is 0 Å². The number of hydrogen-bond acceptors (Lipinski definition) is 3. The van der Waals surface area contributed by atoms with Crippen molar-refractivity contribution >= 4 is 31.8 Å². The van der Waals surface area contributed by atoms with Gasteiger partial charge in [-0.3, -0.25) is 0 Å². The number of carbonyl (C=O) groups excluding carboxylic acids is 1. The van der Waals surface area contributed by atoms with Gasteiger partial charge in [0, 0.05) is 24.1 Å². The predicted molar refractivity (Wildman–Crippen MR) is 86.1 cm³/mol. The monoisotopic (exact) mass is 374 g/mol. The molecule has 1 atom stereocenters. The van der Waals surface area contributed by atoms with E-state index in [-0.39, 0.29) is 23.6 Å². The second kappa shape index (κ2) is 6.79. The van der Waals surface area contributed by atoms with Crippen LogP contribution in [0.15, 0.2) is 28.7 Å². The van der Waals surface area contributed by atoms with Gasteiger partial charge in [0.15, 0.2) is 9.84 Å². The van der Waals surface area contributed by atoms with Crippen LogP contribution in [0.25, 0.3) is 0 Å². The molecule has 5 nitrogen and oxygen atoms in total. The number of benzene rings is 1. The molecule has 0 saturated carbocycles. The van der Waals surface area contributed by atoms with E-state index < -0.39 is 9.84 Å². The zero-order chi connectivity index (χ0) is 15.5. The normalized spacial score (nSPS) is 20.2. The molecule has 2 rings (SSSR count). The van der Waals surface area contributed by atoms with Gasteiger partial charge in [-0.25, -0.2) is 13.2 Å². The molecule has 0 radical (unpaired) electrons. The topological polar surface area (TPSA) is 66.5 Å². The van der Waals surface area contributed by atoms with Crippen LogP contribution in [-0.2, 0) is 16.3 Å². The van der Waals surface area contributed by atoms with E-state index in [4.69, 9.17) is 0 Å². The highest BCUT2D eigenvalue weighted by atomic mass is 79.9. The fourth-order valence-corrected chi connectivity index (χ4v) is 4.63. The fourth-order valence-electron chi connectivity index (χ4n) is 2.38. The number of halogens is 1. The van der Waals surface area contributed by atoms with Crippen LogP contribution in [0.1, 0.15) is 12.0 Å². The second-order valence-corrected chi connectivity index (χ2v) is 8.32. The van der Waals surface area contributed by atoms with E-state index in [1.165, 1.54) is 4.90 Å². The Morgan fingerprint density at radius 2 is 2.14 bits per heavy atom. The Hall–Kier alpha value is -1.08. The summed E-state index contributed by atoms with van der Waals surface area (Å²) in [6, 6.07) is 7.44. The molecule has 1 aliphatic heterocycles. The van der Waals surface area contributed by atoms with Gasteiger partial charge in [-0.1, -0.05) is 34.1 Å². The van der Waals surface area contributed by atoms with Crippen molar-refractivity contribution in [2.75, 3.05) is 25.1 Å². The number of sulfone groups is 1. The Morgan fingerprint density at radius 3 is 2.76 bits per heavy atom. The molecule has 7 heteroatoms. The molecule has 21 heavy (non-hydrogen) atoms. The lowest BCUT2D eigenvalue weighted by atomic mass is 10.1. The van der Waals surface area contributed by atoms with Gasteiger partial charge >= 0.3 is 6.03 Å². The summed E-state index contributed by atoms with van der Waals surface area (Å²) in [5.74, 6) is 0.243. The fraction of sp³-hybridized carbons (Fsp3) is 0.500. The number of nitrogens with one attached hydrogen (secondary N) is 1. The van der Waals surface area contributed by atoms with Crippen LogP contribution < -0.4 is 5.32 Å². The van der Waals surface area contributed by atoms with E-state index in [1.807, 2.05) is 24.3 Å². The second-order valence-electron chi connectivity index (χ2n) is 5.24. The first-order valence-corrected chi connectivity index (χ1v) is 9.45. The molecular formula is C14H19BrN2O3S. The molecule has 0 aliphatic carbocycles. The van der Waals surface area contributed by atoms with Gasteiger partial charge in [0.25, 0.3) is 0 Å². The average molecular weight is 375 g/mol. The van der Waals surface area contributed by atoms with E-state index >= 15 is 0 Å². The van der Waals surface area contributed by atoms with Gasteiger partial charge in [0.05, 0.1) is 11.5 Å². The van der Waals surface area contributed by atoms with Crippen molar-refractivity contribution in [3.05, 3.63) is 34.3 Å². The smallest absolute Gasteiger partial charge is 0.317 e. The third-order valence-electron chi connectivity index (χ3n) is 3.70. The molecule has 1 N–H and O–H groups in total. The van der Waals surface area contributed by atoms with Crippen molar-refractivity contribution in [1.29, 1.82) is 0 Å². The summed E-state index contributed by atoms with van der Waals surface area (Å²) < 4.78 is 23.9. The van der Waals surface area contributed by atoms with Crippen molar-refractivity contribution in [3.63, 3.8) is 0 Å². The van der Waals surface area contributed by atoms with E-state index in [0.29, 0.717) is 13.0 Å². The van der Waals surface area contributed by atoms with E-state index in [1.54, 1.807) is 7.05 Å². The number of amides is 2. The summed E-state index contributed by atoms with van der Waals surface area (Å²) >= 11 is 3.47. The lowest BCUT2D eigenvalue weighted by molar-refractivity contribution is 0.195. The van der Waals surface area contributed by atoms with Gasteiger partial charge in [-0.15, -0.1) is 0 Å². The Morgan fingerprint density at radius 1 is 1.43 bits per heavy atom. The van der Waals surface area contributed by atoms with Crippen molar-refractivity contribution in [2.45, 2.75) is 18.9 Å². The molecule has 116 valence electrons. The molecule has 0 bridgehead atoms. The SMILES string of the molecule is CN(C(=O)NCCc1ccccc1Br)C1CCS(=O)(=O)C1. The highest BCUT2D eigenvalue weighted by Crippen LogP contribution is 2.17. The Balaban J connectivity index is 1.81. The summed E-state index contributed by atoms with van der Waals surface area (Å²) in [5, 5.41) is 2.83. The molecule has 1 fully saturated rings. The summed E-state index contributed by atoms with van der Waals surface area (Å²) in [6.45, 7) is 0.519. The van der Waals surface area contributed by atoms with Crippen molar-refractivity contribution < 1.29 is 13.2 Å². The molecule has 1 aliphatic rings. The van der Waals surface area contributed by atoms with Crippen LogP contribution in [-0.4, -0.2) is 50.5 Å². The molecule has 1 heterocycles. The van der Waals surface area contributed by atoms with Crippen LogP contribution in [0.4, 0.5) is 4.79 Å². The minimum atomic E-state index is -2.97. The van der Waals surface area contributed by atoms with E-state index in [9.17, 15) is 13.2 Å². The molecular weight excluding hydrogens is 356 g/mol. The highest BCUT2D eigenvalue weighted by Gasteiger charge is 2.32. The third-order valence-corrected chi connectivity index (χ3v) is 6.23. The van der Waals surface area contributed by atoms with Crippen LogP contribution >= 0.6 is 15.9 Å². The Kier molecular flexibility index (Phi) is 5.27. The van der Waals surface area contributed by atoms with Crippen molar-refractivity contribution in [1.82, 2.24) is 10.2 Å². The molecule has 1 aromatic carbocycles. The first-order chi connectivity index (χ1) is 9.89. The quantitative estimate of drug-likeness (QED) is 0.873. The van der Waals surface area contributed by atoms with Crippen LogP contribution in [0, 0.1) is 0 Å². The molecule has 1 saturated heterocycles. The van der Waals surface area contributed by atoms with Crippen LogP contribution in [0.2, 0.25) is 0 Å². The van der Waals surface area contributed by atoms with Crippen LogP contribution in [0.5, 0.6) is 0 Å². The van der Waals surface area contributed by atoms with Crippen LogP contribution in [0.3, 0.4) is 0 Å². The summed E-state index contributed by atoms with van der Waals surface area (Å²) in [6.07, 6.45) is 1.25. The van der Waals surface area contributed by atoms with Gasteiger partial charge in [0.1, 0.15) is 0 Å². The molecule has 0 spiro atoms. The lowest BCUT2D eigenvalue weighted by Gasteiger charge is -2.23. The lowest BCUT2D eigenvalue weighted by Crippen LogP contribution is -2.44. The largest absolute Gasteiger partial charge is 0.338 e. The molecule has 2 amide bonds. The summed E-state index contributed by atoms with van der Waals surface area (Å²) in [7, 11) is -1.32. The van der Waals surface area contributed by atoms with E-state index in [0.717, 1.165) is 16.5 Å². The Bertz CT molecular complexity index is 618. The zero-order valence-electron chi connectivity index (χ0n) is 11.9. The zero-order valence-corrected chi connectivity index (χ0v) is 14.3. The standard InChI is InChI=1S/C14H19BrN2O3S/c1-17(12-7-9-21(19,20)10-12)14(18)16-8-6-11-4-2-3-5-13(11)15/h2-5,12H,6-10H2,1H3,(H,16,18). The van der Waals surface area contributed by atoms with Gasteiger partial charge in [-0.05, 0) is 24.5 Å².